The van der Waals surface area contributed by atoms with Gasteiger partial charge >= 0.3 is 0 Å². The van der Waals surface area contributed by atoms with Gasteiger partial charge in [0.2, 0.25) is 0 Å². The van der Waals surface area contributed by atoms with Gasteiger partial charge in [-0.05, 0) is 36.6 Å². The largest absolute Gasteiger partial charge is 0.330 e. The summed E-state index contributed by atoms with van der Waals surface area (Å²) < 4.78 is 22.4. The van der Waals surface area contributed by atoms with E-state index in [9.17, 15) is 8.42 Å². The van der Waals surface area contributed by atoms with Crippen molar-refractivity contribution in [3.63, 3.8) is 0 Å². The van der Waals surface area contributed by atoms with Crippen molar-refractivity contribution in [1.29, 1.82) is 0 Å². The lowest BCUT2D eigenvalue weighted by molar-refractivity contribution is 0.592. The lowest BCUT2D eigenvalue weighted by Crippen LogP contribution is -2.13. The lowest BCUT2D eigenvalue weighted by Gasteiger charge is -2.08. The molecule has 1 rings (SSSR count). The molecule has 0 radical (unpaired) electrons. The van der Waals surface area contributed by atoms with Gasteiger partial charge in [0.05, 0.1) is 4.90 Å². The lowest BCUT2D eigenvalue weighted by atomic mass is 10.0. The monoisotopic (exact) mass is 227 g/mol. The van der Waals surface area contributed by atoms with E-state index in [1.807, 2.05) is 12.1 Å². The first-order valence-corrected chi connectivity index (χ1v) is 6.81. The van der Waals surface area contributed by atoms with E-state index in [4.69, 9.17) is 5.73 Å². The Morgan fingerprint density at radius 2 is 1.80 bits per heavy atom. The fraction of sp³-hybridized carbons (Fsp3) is 0.455. The second kappa shape index (κ2) is 4.77. The fourth-order valence-corrected chi connectivity index (χ4v) is 1.99. The highest BCUT2D eigenvalue weighted by Gasteiger charge is 2.07. The van der Waals surface area contributed by atoms with Crippen molar-refractivity contribution in [2.24, 2.45) is 11.7 Å². The van der Waals surface area contributed by atoms with Gasteiger partial charge < -0.3 is 5.73 Å². The zero-order valence-electron chi connectivity index (χ0n) is 9.10. The molecule has 0 heterocycles. The van der Waals surface area contributed by atoms with Gasteiger partial charge in [0.25, 0.3) is 0 Å². The number of hydrogen-bond acceptors (Lipinski definition) is 3. The zero-order chi connectivity index (χ0) is 11.5. The summed E-state index contributed by atoms with van der Waals surface area (Å²) in [6, 6.07) is 6.99. The number of rotatable bonds is 4. The highest BCUT2D eigenvalue weighted by Crippen LogP contribution is 2.13. The first-order chi connectivity index (χ1) is 6.93. The SMILES string of the molecule is CC(CN)Cc1ccc(S(C)(=O)=O)cc1. The Balaban J connectivity index is 2.82. The van der Waals surface area contributed by atoms with Crippen LogP contribution in [0.15, 0.2) is 29.2 Å². The number of benzene rings is 1. The molecule has 0 fully saturated rings. The highest BCUT2D eigenvalue weighted by atomic mass is 32.2. The molecule has 0 aliphatic heterocycles. The maximum absolute atomic E-state index is 11.2. The Labute approximate surface area is 91.2 Å². The average molecular weight is 227 g/mol. The van der Waals surface area contributed by atoms with Gasteiger partial charge in [-0.1, -0.05) is 19.1 Å². The van der Waals surface area contributed by atoms with E-state index in [2.05, 4.69) is 6.92 Å². The summed E-state index contributed by atoms with van der Waals surface area (Å²) >= 11 is 0. The predicted molar refractivity (Wildman–Crippen MR) is 61.5 cm³/mol. The van der Waals surface area contributed by atoms with Gasteiger partial charge in [-0.25, -0.2) is 8.42 Å². The molecule has 84 valence electrons. The highest BCUT2D eigenvalue weighted by molar-refractivity contribution is 7.90. The second-order valence-corrected chi connectivity index (χ2v) is 5.98. The topological polar surface area (TPSA) is 60.2 Å². The molecule has 0 spiro atoms. The van der Waals surface area contributed by atoms with Crippen LogP contribution in [0.1, 0.15) is 12.5 Å². The third kappa shape index (κ3) is 3.64. The summed E-state index contributed by atoms with van der Waals surface area (Å²) in [5.74, 6) is 0.425. The molecule has 4 heteroatoms. The van der Waals surface area contributed by atoms with Crippen LogP contribution in [-0.2, 0) is 16.3 Å². The molecule has 1 atom stereocenters. The van der Waals surface area contributed by atoms with E-state index in [1.54, 1.807) is 12.1 Å². The Hall–Kier alpha value is -0.870. The minimum atomic E-state index is -3.08. The number of hydrogen-bond donors (Lipinski definition) is 1. The predicted octanol–water partition coefficient (Wildman–Crippen LogP) is 1.23. The van der Waals surface area contributed by atoms with Crippen molar-refractivity contribution < 1.29 is 8.42 Å². The average Bonchev–Trinajstić information content (AvgIpc) is 2.17. The smallest absolute Gasteiger partial charge is 0.175 e. The first kappa shape index (κ1) is 12.2. The van der Waals surface area contributed by atoms with E-state index in [-0.39, 0.29) is 0 Å². The third-order valence-corrected chi connectivity index (χ3v) is 3.47. The normalized spacial score (nSPS) is 13.8. The van der Waals surface area contributed by atoms with Crippen LogP contribution in [0.2, 0.25) is 0 Å². The Morgan fingerprint density at radius 1 is 1.27 bits per heavy atom. The van der Waals surface area contributed by atoms with Crippen molar-refractivity contribution >= 4 is 9.84 Å². The summed E-state index contributed by atoms with van der Waals surface area (Å²) in [7, 11) is -3.08. The van der Waals surface area contributed by atoms with Gasteiger partial charge in [-0.15, -0.1) is 0 Å². The van der Waals surface area contributed by atoms with Crippen LogP contribution in [0.5, 0.6) is 0 Å². The molecule has 0 bridgehead atoms. The van der Waals surface area contributed by atoms with Crippen molar-refractivity contribution in [3.05, 3.63) is 29.8 Å². The van der Waals surface area contributed by atoms with Crippen molar-refractivity contribution in [1.82, 2.24) is 0 Å². The van der Waals surface area contributed by atoms with Crippen LogP contribution in [0.4, 0.5) is 0 Å². The molecule has 15 heavy (non-hydrogen) atoms. The van der Waals surface area contributed by atoms with Gasteiger partial charge in [-0.3, -0.25) is 0 Å². The van der Waals surface area contributed by atoms with Crippen LogP contribution in [0, 0.1) is 5.92 Å². The molecular formula is C11H17NO2S. The van der Waals surface area contributed by atoms with Crippen LogP contribution in [0.3, 0.4) is 0 Å². The number of nitrogens with two attached hydrogens (primary N) is 1. The quantitative estimate of drug-likeness (QED) is 0.841. The van der Waals surface area contributed by atoms with Gasteiger partial charge in [-0.2, -0.15) is 0 Å². The van der Waals surface area contributed by atoms with Crippen molar-refractivity contribution in [3.8, 4) is 0 Å². The van der Waals surface area contributed by atoms with E-state index in [0.717, 1.165) is 12.0 Å². The van der Waals surface area contributed by atoms with Crippen LogP contribution < -0.4 is 5.73 Å². The third-order valence-electron chi connectivity index (χ3n) is 2.34. The molecule has 1 unspecified atom stereocenters. The van der Waals surface area contributed by atoms with Crippen LogP contribution in [-0.4, -0.2) is 21.2 Å². The fourth-order valence-electron chi connectivity index (χ4n) is 1.36. The summed E-state index contributed by atoms with van der Waals surface area (Å²) in [6.07, 6.45) is 2.10. The molecule has 1 aromatic rings. The minimum absolute atomic E-state index is 0.367. The molecular weight excluding hydrogens is 210 g/mol. The van der Waals surface area contributed by atoms with Gasteiger partial charge in [0.1, 0.15) is 0 Å². The summed E-state index contributed by atoms with van der Waals surface area (Å²) in [5.41, 5.74) is 6.65. The molecule has 3 nitrogen and oxygen atoms in total. The van der Waals surface area contributed by atoms with E-state index < -0.39 is 9.84 Å². The van der Waals surface area contributed by atoms with Gasteiger partial charge in [0, 0.05) is 6.26 Å². The molecule has 0 saturated heterocycles. The Kier molecular flexibility index (Phi) is 3.88. The summed E-state index contributed by atoms with van der Waals surface area (Å²) in [5, 5.41) is 0. The van der Waals surface area contributed by atoms with Crippen LogP contribution >= 0.6 is 0 Å². The molecule has 0 aliphatic carbocycles. The Morgan fingerprint density at radius 3 is 2.20 bits per heavy atom. The maximum atomic E-state index is 11.2. The van der Waals surface area contributed by atoms with Crippen molar-refractivity contribution in [2.45, 2.75) is 18.2 Å². The summed E-state index contributed by atoms with van der Waals surface area (Å²) in [6.45, 7) is 2.72. The summed E-state index contributed by atoms with van der Waals surface area (Å²) in [4.78, 5) is 0.367. The number of sulfone groups is 1. The van der Waals surface area contributed by atoms with Crippen LogP contribution in [0.25, 0.3) is 0 Å². The van der Waals surface area contributed by atoms with Crippen molar-refractivity contribution in [2.75, 3.05) is 12.8 Å². The molecule has 2 N–H and O–H groups in total. The molecule has 0 aromatic heterocycles. The first-order valence-electron chi connectivity index (χ1n) is 4.92. The van der Waals surface area contributed by atoms with E-state index >= 15 is 0 Å². The molecule has 0 aliphatic rings. The minimum Gasteiger partial charge on any atom is -0.330 e. The van der Waals surface area contributed by atoms with Gasteiger partial charge in [0.15, 0.2) is 9.84 Å². The molecule has 0 saturated carbocycles. The molecule has 0 amide bonds. The standard InChI is InChI=1S/C11H17NO2S/c1-9(8-12)7-10-3-5-11(6-4-10)15(2,13)14/h3-6,9H,7-8,12H2,1-2H3. The molecule has 1 aromatic carbocycles. The maximum Gasteiger partial charge on any atom is 0.175 e. The van der Waals surface area contributed by atoms with E-state index in [1.165, 1.54) is 6.26 Å². The zero-order valence-corrected chi connectivity index (χ0v) is 9.92. The Bertz CT molecular complexity index is 409. The van der Waals surface area contributed by atoms with E-state index in [0.29, 0.717) is 17.4 Å². The second-order valence-electron chi connectivity index (χ2n) is 3.96.